The Labute approximate surface area is 215 Å². The van der Waals surface area contributed by atoms with E-state index in [1.807, 2.05) is 12.1 Å². The average molecular weight is 497 g/mol. The van der Waals surface area contributed by atoms with Gasteiger partial charge in [0, 0.05) is 27.8 Å². The van der Waals surface area contributed by atoms with Crippen molar-refractivity contribution >= 4 is 28.9 Å². The van der Waals surface area contributed by atoms with E-state index < -0.39 is 0 Å². The van der Waals surface area contributed by atoms with Crippen LogP contribution in [-0.4, -0.2) is 30.7 Å². The van der Waals surface area contributed by atoms with Gasteiger partial charge in [-0.2, -0.15) is 10.2 Å². The molecule has 37 heavy (non-hydrogen) atoms. The van der Waals surface area contributed by atoms with Gasteiger partial charge in [-0.25, -0.2) is 4.79 Å². The molecule has 1 aliphatic rings. The highest BCUT2D eigenvalue weighted by Gasteiger charge is 2.29. The van der Waals surface area contributed by atoms with E-state index in [0.29, 0.717) is 52.4 Å². The molecule has 0 N–H and O–H groups in total. The maximum atomic E-state index is 12.9. The number of ether oxygens (including phenoxy) is 2. The molecule has 0 bridgehead atoms. The molecule has 0 saturated heterocycles. The van der Waals surface area contributed by atoms with Crippen molar-refractivity contribution in [1.82, 2.24) is 0 Å². The van der Waals surface area contributed by atoms with Crippen molar-refractivity contribution in [3.8, 4) is 5.75 Å². The van der Waals surface area contributed by atoms with Gasteiger partial charge in [-0.1, -0.05) is 30.8 Å². The molecule has 0 aliphatic heterocycles. The standard InChI is InChI=1S/C30H28N2O5/c1-20(2)30(35)37-18-8-4-3-7-17-36-23-14-11-21(12-15-23)31-32-22-13-16-26-27(19-22)29(34)25-10-6-5-9-24(25)28(26)33/h5-6,9-16,19H,1,3-4,7-8,17-18H2,2H3. The topological polar surface area (TPSA) is 94.4 Å². The van der Waals surface area contributed by atoms with E-state index in [1.165, 1.54) is 0 Å². The zero-order chi connectivity index (χ0) is 26.2. The lowest BCUT2D eigenvalue weighted by molar-refractivity contribution is -0.139. The molecule has 0 radical (unpaired) electrons. The van der Waals surface area contributed by atoms with E-state index in [9.17, 15) is 14.4 Å². The smallest absolute Gasteiger partial charge is 0.333 e. The number of fused-ring (bicyclic) bond motifs is 2. The first kappa shape index (κ1) is 25.7. The molecular weight excluding hydrogens is 468 g/mol. The lowest BCUT2D eigenvalue weighted by atomic mass is 9.84. The molecule has 0 fully saturated rings. The molecule has 4 rings (SSSR count). The van der Waals surface area contributed by atoms with Crippen LogP contribution >= 0.6 is 0 Å². The molecule has 0 aromatic heterocycles. The molecule has 7 nitrogen and oxygen atoms in total. The van der Waals surface area contributed by atoms with Gasteiger partial charge in [0.15, 0.2) is 11.6 Å². The summed E-state index contributed by atoms with van der Waals surface area (Å²) in [6.07, 6.45) is 3.67. The number of rotatable bonds is 11. The minimum Gasteiger partial charge on any atom is -0.494 e. The first-order valence-corrected chi connectivity index (χ1v) is 12.2. The summed E-state index contributed by atoms with van der Waals surface area (Å²) < 4.78 is 10.8. The molecule has 3 aromatic rings. The Kier molecular flexibility index (Phi) is 8.36. The van der Waals surface area contributed by atoms with Gasteiger partial charge in [0.05, 0.1) is 24.6 Å². The Hall–Kier alpha value is -4.39. The monoisotopic (exact) mass is 496 g/mol. The number of benzene rings is 3. The molecule has 0 amide bonds. The number of nitrogens with zero attached hydrogens (tertiary/aromatic N) is 2. The van der Waals surface area contributed by atoms with Crippen molar-refractivity contribution in [2.75, 3.05) is 13.2 Å². The Morgan fingerprint density at radius 1 is 0.730 bits per heavy atom. The van der Waals surface area contributed by atoms with Gasteiger partial charge in [0.2, 0.25) is 0 Å². The molecule has 188 valence electrons. The minimum atomic E-state index is -0.341. The summed E-state index contributed by atoms with van der Waals surface area (Å²) in [7, 11) is 0. The van der Waals surface area contributed by atoms with Crippen molar-refractivity contribution in [3.05, 3.63) is 101 Å². The highest BCUT2D eigenvalue weighted by molar-refractivity contribution is 6.28. The summed E-state index contributed by atoms with van der Waals surface area (Å²) in [6, 6.07) is 19.0. The second-order valence-corrected chi connectivity index (χ2v) is 8.81. The third-order valence-corrected chi connectivity index (χ3v) is 5.92. The predicted molar refractivity (Wildman–Crippen MR) is 140 cm³/mol. The van der Waals surface area contributed by atoms with Crippen LogP contribution in [0.2, 0.25) is 0 Å². The Balaban J connectivity index is 1.24. The minimum absolute atomic E-state index is 0.159. The number of azo groups is 1. The largest absolute Gasteiger partial charge is 0.494 e. The lowest BCUT2D eigenvalue weighted by Crippen LogP contribution is -2.20. The van der Waals surface area contributed by atoms with Crippen molar-refractivity contribution in [1.29, 1.82) is 0 Å². The Morgan fingerprint density at radius 2 is 1.30 bits per heavy atom. The van der Waals surface area contributed by atoms with Crippen LogP contribution in [0.3, 0.4) is 0 Å². The van der Waals surface area contributed by atoms with E-state index in [0.717, 1.165) is 31.4 Å². The molecule has 0 heterocycles. The molecule has 3 aromatic carbocycles. The van der Waals surface area contributed by atoms with E-state index in [4.69, 9.17) is 9.47 Å². The molecule has 0 spiro atoms. The van der Waals surface area contributed by atoms with Crippen molar-refractivity contribution in [3.63, 3.8) is 0 Å². The number of hydrogen-bond donors (Lipinski definition) is 0. The van der Waals surface area contributed by atoms with Crippen LogP contribution in [0.4, 0.5) is 11.4 Å². The Bertz CT molecular complexity index is 1360. The van der Waals surface area contributed by atoms with Gasteiger partial charge < -0.3 is 9.47 Å². The molecule has 0 atom stereocenters. The Morgan fingerprint density at radius 3 is 1.97 bits per heavy atom. The zero-order valence-electron chi connectivity index (χ0n) is 20.7. The SMILES string of the molecule is C=C(C)C(=O)OCCCCCCOc1ccc(N=Nc2ccc3c(c2)C(=O)c2ccccc2C3=O)cc1. The maximum absolute atomic E-state index is 12.9. The highest BCUT2D eigenvalue weighted by atomic mass is 16.5. The molecular formula is C30H28N2O5. The first-order valence-electron chi connectivity index (χ1n) is 12.2. The van der Waals surface area contributed by atoms with Crippen LogP contribution in [0.15, 0.2) is 89.1 Å². The highest BCUT2D eigenvalue weighted by Crippen LogP contribution is 2.30. The summed E-state index contributed by atoms with van der Waals surface area (Å²) in [5.41, 5.74) is 3.12. The van der Waals surface area contributed by atoms with Crippen LogP contribution in [0, 0.1) is 0 Å². The normalized spacial score (nSPS) is 12.2. The summed E-state index contributed by atoms with van der Waals surface area (Å²) in [5, 5.41) is 8.49. The van der Waals surface area contributed by atoms with E-state index in [1.54, 1.807) is 61.5 Å². The van der Waals surface area contributed by atoms with Crippen molar-refractivity contribution < 1.29 is 23.9 Å². The summed E-state index contributed by atoms with van der Waals surface area (Å²) in [5.74, 6) is 0.0565. The fraction of sp³-hybridized carbons (Fsp3) is 0.233. The number of hydrogen-bond acceptors (Lipinski definition) is 7. The van der Waals surface area contributed by atoms with Crippen LogP contribution in [-0.2, 0) is 9.53 Å². The molecule has 0 unspecified atom stereocenters. The number of esters is 1. The van der Waals surface area contributed by atoms with Crippen LogP contribution in [0.1, 0.15) is 64.4 Å². The number of ketones is 2. The fourth-order valence-corrected chi connectivity index (χ4v) is 3.91. The number of unbranched alkanes of at least 4 members (excludes halogenated alkanes) is 3. The van der Waals surface area contributed by atoms with Crippen LogP contribution in [0.5, 0.6) is 5.75 Å². The van der Waals surface area contributed by atoms with Crippen molar-refractivity contribution in [2.45, 2.75) is 32.6 Å². The summed E-state index contributed by atoms with van der Waals surface area (Å²) >= 11 is 0. The second-order valence-electron chi connectivity index (χ2n) is 8.81. The quantitative estimate of drug-likeness (QED) is 0.0970. The second kappa shape index (κ2) is 12.0. The zero-order valence-corrected chi connectivity index (χ0v) is 20.7. The maximum Gasteiger partial charge on any atom is 0.333 e. The number of carbonyl (C=O) groups is 3. The third kappa shape index (κ3) is 6.44. The average Bonchev–Trinajstić information content (AvgIpc) is 2.92. The van der Waals surface area contributed by atoms with E-state index in [-0.39, 0.29) is 17.5 Å². The third-order valence-electron chi connectivity index (χ3n) is 5.92. The van der Waals surface area contributed by atoms with Crippen LogP contribution in [0.25, 0.3) is 0 Å². The van der Waals surface area contributed by atoms with E-state index >= 15 is 0 Å². The van der Waals surface area contributed by atoms with Gasteiger partial charge in [0.25, 0.3) is 0 Å². The lowest BCUT2D eigenvalue weighted by Gasteiger charge is -2.17. The first-order chi connectivity index (χ1) is 17.9. The van der Waals surface area contributed by atoms with Crippen molar-refractivity contribution in [2.24, 2.45) is 10.2 Å². The van der Waals surface area contributed by atoms with Gasteiger partial charge in [-0.15, -0.1) is 0 Å². The van der Waals surface area contributed by atoms with Crippen LogP contribution < -0.4 is 4.74 Å². The summed E-state index contributed by atoms with van der Waals surface area (Å²) in [4.78, 5) is 36.9. The van der Waals surface area contributed by atoms with Gasteiger partial charge in [-0.05, 0) is 75.1 Å². The summed E-state index contributed by atoms with van der Waals surface area (Å²) in [6.45, 7) is 6.20. The van der Waals surface area contributed by atoms with E-state index in [2.05, 4.69) is 16.8 Å². The van der Waals surface area contributed by atoms with Gasteiger partial charge in [0.1, 0.15) is 5.75 Å². The van der Waals surface area contributed by atoms with Gasteiger partial charge in [-0.3, -0.25) is 9.59 Å². The van der Waals surface area contributed by atoms with Gasteiger partial charge >= 0.3 is 5.97 Å². The molecule has 1 aliphatic carbocycles. The number of carbonyl (C=O) groups excluding carboxylic acids is 3. The predicted octanol–water partition coefficient (Wildman–Crippen LogP) is 6.94. The molecule has 7 heteroatoms. The molecule has 0 saturated carbocycles. The fourth-order valence-electron chi connectivity index (χ4n) is 3.91.